The van der Waals surface area contributed by atoms with Crippen molar-refractivity contribution in [2.45, 2.75) is 13.8 Å². The fraction of sp³-hybridized carbons (Fsp3) is 0.138. The number of fused-ring (bicyclic) bond motifs is 1. The average molecular weight is 418 g/mol. The third-order valence-corrected chi connectivity index (χ3v) is 6.04. The minimum atomic E-state index is 0.959. The van der Waals surface area contributed by atoms with Gasteiger partial charge in [0.15, 0.2) is 0 Å². The first-order valence-electron chi connectivity index (χ1n) is 11.3. The van der Waals surface area contributed by atoms with Crippen LogP contribution in [0.3, 0.4) is 0 Å². The molecule has 0 aliphatic rings. The number of benzene rings is 4. The van der Waals surface area contributed by atoms with Crippen LogP contribution in [0.25, 0.3) is 39.2 Å². The Hall–Kier alpha value is -3.85. The lowest BCUT2D eigenvalue weighted by Gasteiger charge is -2.21. The monoisotopic (exact) mass is 417 g/mol. The lowest BCUT2D eigenvalue weighted by molar-refractivity contribution is 0.866. The van der Waals surface area contributed by atoms with E-state index in [0.29, 0.717) is 0 Å². The predicted molar refractivity (Wildman–Crippen MR) is 136 cm³/mol. The molecule has 0 N–H and O–H groups in total. The number of aromatic nitrogens is 2. The highest BCUT2D eigenvalue weighted by Crippen LogP contribution is 2.34. The number of hydrogen-bond acceptors (Lipinski definition) is 2. The van der Waals surface area contributed by atoms with Crippen molar-refractivity contribution < 1.29 is 0 Å². The second-order valence-electron chi connectivity index (χ2n) is 7.86. The normalized spacial score (nSPS) is 11.1. The van der Waals surface area contributed by atoms with E-state index in [1.807, 2.05) is 0 Å². The van der Waals surface area contributed by atoms with Gasteiger partial charge in [-0.05, 0) is 61.9 Å². The molecule has 0 unspecified atom stereocenters. The number of rotatable bonds is 6. The first kappa shape index (κ1) is 20.1. The maximum atomic E-state index is 5.06. The van der Waals surface area contributed by atoms with Gasteiger partial charge in [0, 0.05) is 29.9 Å². The summed E-state index contributed by atoms with van der Waals surface area (Å²) in [6.07, 6.45) is 0. The Bertz CT molecular complexity index is 1330. The average Bonchev–Trinajstić information content (AvgIpc) is 3.25. The molecule has 4 aromatic carbocycles. The van der Waals surface area contributed by atoms with Crippen molar-refractivity contribution in [3.05, 3.63) is 103 Å². The fourth-order valence-electron chi connectivity index (χ4n) is 4.40. The van der Waals surface area contributed by atoms with Crippen molar-refractivity contribution in [3.8, 4) is 28.2 Å². The van der Waals surface area contributed by atoms with Crippen molar-refractivity contribution in [2.75, 3.05) is 18.0 Å². The number of anilines is 1. The van der Waals surface area contributed by atoms with Gasteiger partial charge in [-0.15, -0.1) is 0 Å². The Balaban J connectivity index is 1.72. The van der Waals surface area contributed by atoms with Gasteiger partial charge in [0.1, 0.15) is 5.82 Å². The Morgan fingerprint density at radius 3 is 2.06 bits per heavy atom. The van der Waals surface area contributed by atoms with Gasteiger partial charge in [-0.1, -0.05) is 60.7 Å². The zero-order valence-corrected chi connectivity index (χ0v) is 18.6. The second kappa shape index (κ2) is 8.72. The van der Waals surface area contributed by atoms with Crippen LogP contribution in [0.2, 0.25) is 0 Å². The molecule has 0 bridgehead atoms. The van der Waals surface area contributed by atoms with Crippen LogP contribution in [0.15, 0.2) is 103 Å². The van der Waals surface area contributed by atoms with Gasteiger partial charge in [-0.2, -0.15) is 0 Å². The molecule has 158 valence electrons. The third-order valence-electron chi connectivity index (χ3n) is 6.04. The molecule has 1 heterocycles. The van der Waals surface area contributed by atoms with Crippen LogP contribution in [0.5, 0.6) is 0 Å². The molecule has 0 radical (unpaired) electrons. The molecular weight excluding hydrogens is 390 g/mol. The molecule has 3 heteroatoms. The molecule has 0 saturated carbocycles. The predicted octanol–water partition coefficient (Wildman–Crippen LogP) is 7.21. The molecule has 3 nitrogen and oxygen atoms in total. The van der Waals surface area contributed by atoms with Crippen LogP contribution >= 0.6 is 0 Å². The van der Waals surface area contributed by atoms with Crippen LogP contribution in [0, 0.1) is 0 Å². The summed E-state index contributed by atoms with van der Waals surface area (Å²) in [7, 11) is 0. The van der Waals surface area contributed by atoms with Crippen LogP contribution in [0.4, 0.5) is 5.69 Å². The van der Waals surface area contributed by atoms with E-state index in [2.05, 4.69) is 126 Å². The van der Waals surface area contributed by atoms with E-state index < -0.39 is 0 Å². The molecule has 0 aliphatic heterocycles. The molecule has 5 rings (SSSR count). The van der Waals surface area contributed by atoms with Crippen molar-refractivity contribution in [1.29, 1.82) is 0 Å². The molecule has 0 aliphatic carbocycles. The summed E-state index contributed by atoms with van der Waals surface area (Å²) in [5.74, 6) is 0.959. The Morgan fingerprint density at radius 1 is 0.656 bits per heavy atom. The summed E-state index contributed by atoms with van der Waals surface area (Å²) in [5, 5.41) is 0. The van der Waals surface area contributed by atoms with E-state index in [-0.39, 0.29) is 0 Å². The van der Waals surface area contributed by atoms with Gasteiger partial charge in [0.05, 0.1) is 16.7 Å². The number of hydrogen-bond donors (Lipinski definition) is 0. The third kappa shape index (κ3) is 3.56. The molecule has 0 atom stereocenters. The van der Waals surface area contributed by atoms with Crippen molar-refractivity contribution >= 4 is 16.7 Å². The minimum Gasteiger partial charge on any atom is -0.372 e. The number of nitrogens with zero attached hydrogens (tertiary/aromatic N) is 3. The Morgan fingerprint density at radius 2 is 1.31 bits per heavy atom. The van der Waals surface area contributed by atoms with E-state index in [1.165, 1.54) is 16.8 Å². The van der Waals surface area contributed by atoms with E-state index in [4.69, 9.17) is 4.98 Å². The maximum Gasteiger partial charge on any atom is 0.145 e. The molecule has 0 saturated heterocycles. The fourth-order valence-corrected chi connectivity index (χ4v) is 4.40. The molecule has 5 aromatic rings. The van der Waals surface area contributed by atoms with Gasteiger partial charge in [0.25, 0.3) is 0 Å². The van der Waals surface area contributed by atoms with Crippen LogP contribution in [-0.4, -0.2) is 22.6 Å². The smallest absolute Gasteiger partial charge is 0.145 e. The summed E-state index contributed by atoms with van der Waals surface area (Å²) < 4.78 is 2.30. The van der Waals surface area contributed by atoms with Gasteiger partial charge < -0.3 is 4.90 Å². The highest BCUT2D eigenvalue weighted by atomic mass is 15.1. The van der Waals surface area contributed by atoms with E-state index >= 15 is 0 Å². The molecule has 32 heavy (non-hydrogen) atoms. The van der Waals surface area contributed by atoms with Crippen molar-refractivity contribution in [1.82, 2.24) is 9.55 Å². The van der Waals surface area contributed by atoms with Crippen LogP contribution in [0.1, 0.15) is 13.8 Å². The van der Waals surface area contributed by atoms with Gasteiger partial charge in [-0.3, -0.25) is 4.57 Å². The summed E-state index contributed by atoms with van der Waals surface area (Å²) in [6.45, 7) is 6.38. The number of imidazole rings is 1. The minimum absolute atomic E-state index is 0.959. The van der Waals surface area contributed by atoms with Crippen molar-refractivity contribution in [2.24, 2.45) is 0 Å². The molecule has 0 spiro atoms. The van der Waals surface area contributed by atoms with E-state index in [1.54, 1.807) is 0 Å². The first-order chi connectivity index (χ1) is 15.8. The lowest BCUT2D eigenvalue weighted by Crippen LogP contribution is -2.21. The first-order valence-corrected chi connectivity index (χ1v) is 11.3. The highest BCUT2D eigenvalue weighted by molar-refractivity contribution is 5.86. The Kier molecular flexibility index (Phi) is 5.47. The Labute approximate surface area is 189 Å². The summed E-state index contributed by atoms with van der Waals surface area (Å²) >= 11 is 0. The number of para-hydroxylation sites is 3. The topological polar surface area (TPSA) is 21.1 Å². The quantitative estimate of drug-likeness (QED) is 0.291. The largest absolute Gasteiger partial charge is 0.372 e. The van der Waals surface area contributed by atoms with Gasteiger partial charge in [-0.25, -0.2) is 4.98 Å². The van der Waals surface area contributed by atoms with E-state index in [0.717, 1.165) is 41.2 Å². The summed E-state index contributed by atoms with van der Waals surface area (Å²) in [4.78, 5) is 7.42. The summed E-state index contributed by atoms with van der Waals surface area (Å²) in [5.41, 5.74) is 7.99. The zero-order valence-electron chi connectivity index (χ0n) is 18.6. The van der Waals surface area contributed by atoms with Crippen LogP contribution < -0.4 is 4.90 Å². The van der Waals surface area contributed by atoms with E-state index in [9.17, 15) is 0 Å². The molecule has 0 fully saturated rings. The van der Waals surface area contributed by atoms with Crippen molar-refractivity contribution in [3.63, 3.8) is 0 Å². The SMILES string of the molecule is CCN(CC)c1ccc(-c2nc3ccccc3n2-c2ccccc2-c2ccccc2)cc1. The zero-order chi connectivity index (χ0) is 21.9. The van der Waals surface area contributed by atoms with Gasteiger partial charge in [0.2, 0.25) is 0 Å². The summed E-state index contributed by atoms with van der Waals surface area (Å²) in [6, 6.07) is 36.3. The standard InChI is InChI=1S/C29H27N3/c1-3-31(4-2)24-20-18-23(19-21-24)29-30-26-15-9-11-17-28(26)32(29)27-16-10-8-14-25(27)22-12-6-5-7-13-22/h5-21H,3-4H2,1-2H3. The molecular formula is C29H27N3. The second-order valence-corrected chi connectivity index (χ2v) is 7.86. The van der Waals surface area contributed by atoms with Crippen LogP contribution in [-0.2, 0) is 0 Å². The molecule has 0 amide bonds. The lowest BCUT2D eigenvalue weighted by atomic mass is 10.0. The molecule has 1 aromatic heterocycles. The highest BCUT2D eigenvalue weighted by Gasteiger charge is 2.17. The van der Waals surface area contributed by atoms with Gasteiger partial charge >= 0.3 is 0 Å². The maximum absolute atomic E-state index is 5.06.